The Morgan fingerprint density at radius 2 is 2.19 bits per heavy atom. The Hall–Kier alpha value is -1.85. The molecule has 1 aliphatic heterocycles. The zero-order chi connectivity index (χ0) is 15.0. The molecule has 21 heavy (non-hydrogen) atoms. The van der Waals surface area contributed by atoms with Gasteiger partial charge in [0.1, 0.15) is 0 Å². The summed E-state index contributed by atoms with van der Waals surface area (Å²) in [5.74, 6) is -0.111. The van der Waals surface area contributed by atoms with Crippen LogP contribution in [-0.4, -0.2) is 23.8 Å². The minimum Gasteiger partial charge on any atom is -0.337 e. The van der Waals surface area contributed by atoms with Crippen LogP contribution in [0.4, 0.5) is 5.69 Å². The minimum atomic E-state index is -0.0801. The smallest absolute Gasteiger partial charge is 0.253 e. The number of hydrogen-bond donors (Lipinski definition) is 1. The maximum atomic E-state index is 12.4. The lowest BCUT2D eigenvalue weighted by atomic mass is 10.1. The molecule has 1 aromatic carbocycles. The van der Waals surface area contributed by atoms with Crippen molar-refractivity contribution in [2.75, 3.05) is 12.4 Å². The van der Waals surface area contributed by atoms with E-state index in [1.807, 2.05) is 18.2 Å². The topological polar surface area (TPSA) is 49.4 Å². The fourth-order valence-corrected chi connectivity index (χ4v) is 3.45. The number of anilines is 1. The summed E-state index contributed by atoms with van der Waals surface area (Å²) >= 11 is 7.36. The van der Waals surface area contributed by atoms with Crippen molar-refractivity contribution in [1.29, 1.82) is 0 Å². The van der Waals surface area contributed by atoms with Crippen molar-refractivity contribution in [3.8, 4) is 0 Å². The monoisotopic (exact) mass is 320 g/mol. The number of nitrogens with zero attached hydrogens (tertiary/aromatic N) is 1. The van der Waals surface area contributed by atoms with E-state index in [9.17, 15) is 9.59 Å². The molecule has 2 amide bonds. The fraction of sp³-hybridized carbons (Fsp3) is 0.200. The summed E-state index contributed by atoms with van der Waals surface area (Å²) in [4.78, 5) is 26.4. The highest BCUT2D eigenvalue weighted by Crippen LogP contribution is 2.26. The van der Waals surface area contributed by atoms with E-state index in [-0.39, 0.29) is 11.8 Å². The van der Waals surface area contributed by atoms with Crippen LogP contribution in [0.1, 0.15) is 20.8 Å². The molecular formula is C15H13ClN2O2S. The number of carbonyl (C=O) groups is 2. The summed E-state index contributed by atoms with van der Waals surface area (Å²) in [5, 5.41) is 2.76. The summed E-state index contributed by atoms with van der Waals surface area (Å²) < 4.78 is 0.714. The van der Waals surface area contributed by atoms with Crippen molar-refractivity contribution >= 4 is 40.4 Å². The van der Waals surface area contributed by atoms with Crippen molar-refractivity contribution in [2.24, 2.45) is 0 Å². The van der Waals surface area contributed by atoms with Gasteiger partial charge in [-0.1, -0.05) is 17.7 Å². The molecule has 3 rings (SSSR count). The van der Waals surface area contributed by atoms with Gasteiger partial charge in [0.2, 0.25) is 5.91 Å². The van der Waals surface area contributed by atoms with E-state index in [0.717, 1.165) is 16.1 Å². The Kier molecular flexibility index (Phi) is 3.69. The lowest BCUT2D eigenvalue weighted by molar-refractivity contribution is -0.115. The first-order valence-corrected chi connectivity index (χ1v) is 7.65. The molecule has 4 nitrogen and oxygen atoms in total. The van der Waals surface area contributed by atoms with Crippen LogP contribution in [0.2, 0.25) is 4.34 Å². The van der Waals surface area contributed by atoms with Crippen molar-refractivity contribution in [3.63, 3.8) is 0 Å². The molecule has 0 fully saturated rings. The molecule has 0 saturated heterocycles. The van der Waals surface area contributed by atoms with E-state index in [1.165, 1.54) is 11.3 Å². The van der Waals surface area contributed by atoms with Crippen molar-refractivity contribution in [1.82, 2.24) is 4.90 Å². The second kappa shape index (κ2) is 5.50. The largest absolute Gasteiger partial charge is 0.337 e. The summed E-state index contributed by atoms with van der Waals surface area (Å²) in [6.07, 6.45) is 0.382. The van der Waals surface area contributed by atoms with Crippen LogP contribution < -0.4 is 5.32 Å². The number of nitrogens with one attached hydrogen (secondary N) is 1. The Morgan fingerprint density at radius 3 is 2.90 bits per heavy atom. The van der Waals surface area contributed by atoms with Gasteiger partial charge in [-0.2, -0.15) is 0 Å². The maximum Gasteiger partial charge on any atom is 0.253 e. The summed E-state index contributed by atoms with van der Waals surface area (Å²) in [5.41, 5.74) is 2.24. The van der Waals surface area contributed by atoms with Crippen LogP contribution in [0.15, 0.2) is 30.3 Å². The molecule has 1 aromatic heterocycles. The first-order valence-electron chi connectivity index (χ1n) is 6.45. The predicted octanol–water partition coefficient (Wildman–Crippen LogP) is 3.17. The molecular weight excluding hydrogens is 308 g/mol. The van der Waals surface area contributed by atoms with E-state index in [2.05, 4.69) is 5.32 Å². The first kappa shape index (κ1) is 14.1. The van der Waals surface area contributed by atoms with Gasteiger partial charge in [0.25, 0.3) is 5.91 Å². The van der Waals surface area contributed by atoms with Crippen LogP contribution in [0.25, 0.3) is 0 Å². The van der Waals surface area contributed by atoms with Gasteiger partial charge >= 0.3 is 0 Å². The molecule has 108 valence electrons. The van der Waals surface area contributed by atoms with E-state index in [1.54, 1.807) is 24.1 Å². The highest BCUT2D eigenvalue weighted by atomic mass is 35.5. The van der Waals surface area contributed by atoms with Crippen LogP contribution >= 0.6 is 22.9 Å². The van der Waals surface area contributed by atoms with Crippen LogP contribution in [0.3, 0.4) is 0 Å². The van der Waals surface area contributed by atoms with Crippen LogP contribution in [0, 0.1) is 0 Å². The quantitative estimate of drug-likeness (QED) is 0.944. The Morgan fingerprint density at radius 1 is 1.38 bits per heavy atom. The second-order valence-corrected chi connectivity index (χ2v) is 6.76. The predicted molar refractivity (Wildman–Crippen MR) is 83.9 cm³/mol. The van der Waals surface area contributed by atoms with Gasteiger partial charge in [-0.25, -0.2) is 0 Å². The molecule has 0 radical (unpaired) electrons. The maximum absolute atomic E-state index is 12.4. The van der Waals surface area contributed by atoms with Gasteiger partial charge in [-0.15, -0.1) is 11.3 Å². The Balaban J connectivity index is 1.76. The normalized spacial score (nSPS) is 13.0. The molecule has 0 aliphatic carbocycles. The van der Waals surface area contributed by atoms with Gasteiger partial charge in [0.15, 0.2) is 0 Å². The Bertz CT molecular complexity index is 726. The third-order valence-electron chi connectivity index (χ3n) is 3.35. The number of amides is 2. The standard InChI is InChI=1S/C15H13ClN2O2S/c1-18(8-11-4-5-13(16)21-11)15(20)10-3-2-9-7-14(19)17-12(9)6-10/h2-6H,7-8H2,1H3,(H,17,19). The number of rotatable bonds is 3. The van der Waals surface area contributed by atoms with Crippen LogP contribution in [0.5, 0.6) is 0 Å². The molecule has 0 spiro atoms. The van der Waals surface area contributed by atoms with Crippen LogP contribution in [-0.2, 0) is 17.8 Å². The van der Waals surface area contributed by atoms with E-state index < -0.39 is 0 Å². The van der Waals surface area contributed by atoms with Gasteiger partial charge in [0, 0.05) is 23.2 Å². The molecule has 0 atom stereocenters. The van der Waals surface area contributed by atoms with E-state index >= 15 is 0 Å². The molecule has 2 heterocycles. The zero-order valence-corrected chi connectivity index (χ0v) is 12.9. The molecule has 0 bridgehead atoms. The van der Waals surface area contributed by atoms with Crippen molar-refractivity contribution in [3.05, 3.63) is 50.7 Å². The third kappa shape index (κ3) is 2.94. The minimum absolute atomic E-state index is 0.0313. The van der Waals surface area contributed by atoms with Gasteiger partial charge in [0.05, 0.1) is 17.3 Å². The number of fused-ring (bicyclic) bond motifs is 1. The SMILES string of the molecule is CN(Cc1ccc(Cl)s1)C(=O)c1ccc2c(c1)NC(=O)C2. The lowest BCUT2D eigenvalue weighted by Crippen LogP contribution is -2.25. The lowest BCUT2D eigenvalue weighted by Gasteiger charge is -2.16. The molecule has 0 unspecified atom stereocenters. The van der Waals surface area contributed by atoms with E-state index in [0.29, 0.717) is 22.9 Å². The zero-order valence-electron chi connectivity index (χ0n) is 11.4. The third-order valence-corrected chi connectivity index (χ3v) is 4.57. The number of benzene rings is 1. The number of carbonyl (C=O) groups excluding carboxylic acids is 2. The summed E-state index contributed by atoms with van der Waals surface area (Å²) in [7, 11) is 1.75. The van der Waals surface area contributed by atoms with Gasteiger partial charge in [-0.05, 0) is 29.8 Å². The number of halogens is 1. The molecule has 1 N–H and O–H groups in total. The van der Waals surface area contributed by atoms with Crippen molar-refractivity contribution < 1.29 is 9.59 Å². The van der Waals surface area contributed by atoms with Gasteiger partial charge in [-0.3, -0.25) is 9.59 Å². The van der Waals surface area contributed by atoms with E-state index in [4.69, 9.17) is 11.6 Å². The Labute approximate surface area is 131 Å². The van der Waals surface area contributed by atoms with Gasteiger partial charge < -0.3 is 10.2 Å². The second-order valence-electron chi connectivity index (χ2n) is 4.96. The molecule has 0 saturated carbocycles. The average molecular weight is 321 g/mol. The first-order chi connectivity index (χ1) is 10.0. The molecule has 2 aromatic rings. The number of hydrogen-bond acceptors (Lipinski definition) is 3. The number of thiophene rings is 1. The summed E-state index contributed by atoms with van der Waals surface area (Å²) in [6, 6.07) is 9.07. The molecule has 1 aliphatic rings. The van der Waals surface area contributed by atoms with Crippen molar-refractivity contribution in [2.45, 2.75) is 13.0 Å². The highest BCUT2D eigenvalue weighted by Gasteiger charge is 2.20. The summed E-state index contributed by atoms with van der Waals surface area (Å²) in [6.45, 7) is 0.514. The average Bonchev–Trinajstić information content (AvgIpc) is 3.01. The fourth-order valence-electron chi connectivity index (χ4n) is 2.31. The highest BCUT2D eigenvalue weighted by molar-refractivity contribution is 7.16. The molecule has 6 heteroatoms.